The fraction of sp³-hybridized carbons (Fsp3) is 1.00. The van der Waals surface area contributed by atoms with E-state index in [0.29, 0.717) is 0 Å². The number of nitrogens with zero attached hydrogens (tertiary/aromatic N) is 1. The minimum absolute atomic E-state index is 0.223. The maximum atomic E-state index is 8.96. The zero-order valence-corrected chi connectivity index (χ0v) is 10.7. The van der Waals surface area contributed by atoms with Crippen molar-refractivity contribution in [2.45, 2.75) is 57.4 Å². The molecular weight excluding hydrogens is 200 g/mol. The van der Waals surface area contributed by atoms with E-state index in [4.69, 9.17) is 10.8 Å². The first-order chi connectivity index (χ1) is 7.79. The van der Waals surface area contributed by atoms with Crippen LogP contribution in [0.5, 0.6) is 0 Å². The van der Waals surface area contributed by atoms with Gasteiger partial charge >= 0.3 is 0 Å². The largest absolute Gasteiger partial charge is 0.396 e. The van der Waals surface area contributed by atoms with Gasteiger partial charge in [0.1, 0.15) is 0 Å². The molecule has 0 aromatic rings. The van der Waals surface area contributed by atoms with E-state index in [1.54, 1.807) is 0 Å². The van der Waals surface area contributed by atoms with E-state index >= 15 is 0 Å². The molecule has 1 aliphatic rings. The molecule has 0 unspecified atom stereocenters. The Morgan fingerprint density at radius 3 is 2.25 bits per heavy atom. The summed E-state index contributed by atoms with van der Waals surface area (Å²) in [7, 11) is 0. The van der Waals surface area contributed by atoms with Crippen LogP contribution >= 0.6 is 0 Å². The van der Waals surface area contributed by atoms with Crippen LogP contribution in [0.25, 0.3) is 0 Å². The van der Waals surface area contributed by atoms with Crippen LogP contribution in [0, 0.1) is 0 Å². The van der Waals surface area contributed by atoms with Crippen LogP contribution in [0.1, 0.15) is 51.9 Å². The molecule has 0 saturated heterocycles. The van der Waals surface area contributed by atoms with Crippen molar-refractivity contribution in [2.24, 2.45) is 5.73 Å². The molecule has 1 saturated carbocycles. The van der Waals surface area contributed by atoms with Gasteiger partial charge in [0.2, 0.25) is 0 Å². The highest BCUT2D eigenvalue weighted by Gasteiger charge is 2.34. The molecule has 1 fully saturated rings. The lowest BCUT2D eigenvalue weighted by atomic mass is 9.88. The van der Waals surface area contributed by atoms with Crippen LogP contribution < -0.4 is 5.73 Å². The number of likely N-dealkylation sites (N-methyl/N-ethyl adjacent to an activating group) is 1. The van der Waals surface area contributed by atoms with Gasteiger partial charge in [0.05, 0.1) is 0 Å². The summed E-state index contributed by atoms with van der Waals surface area (Å²) in [6, 6.07) is 0. The zero-order valence-electron chi connectivity index (χ0n) is 10.7. The fourth-order valence-electron chi connectivity index (χ4n) is 3.03. The van der Waals surface area contributed by atoms with E-state index < -0.39 is 0 Å². The van der Waals surface area contributed by atoms with Crippen molar-refractivity contribution in [1.29, 1.82) is 0 Å². The molecule has 96 valence electrons. The normalized spacial score (nSPS) is 21.0. The van der Waals surface area contributed by atoms with Crippen LogP contribution in [0.4, 0.5) is 0 Å². The van der Waals surface area contributed by atoms with Gasteiger partial charge in [0, 0.05) is 25.2 Å². The van der Waals surface area contributed by atoms with Crippen LogP contribution in [0.2, 0.25) is 0 Å². The Morgan fingerprint density at radius 2 is 1.81 bits per heavy atom. The molecule has 0 spiro atoms. The summed E-state index contributed by atoms with van der Waals surface area (Å²) < 4.78 is 0. The Labute approximate surface area is 100 Å². The molecule has 3 N–H and O–H groups in total. The van der Waals surface area contributed by atoms with Crippen LogP contribution in [-0.4, -0.2) is 41.8 Å². The predicted octanol–water partition coefficient (Wildman–Crippen LogP) is 1.74. The van der Waals surface area contributed by atoms with Crippen molar-refractivity contribution >= 4 is 0 Å². The predicted molar refractivity (Wildman–Crippen MR) is 68.4 cm³/mol. The minimum atomic E-state index is 0.223. The number of aliphatic hydroxyl groups excluding tert-OH is 1. The Morgan fingerprint density at radius 1 is 1.19 bits per heavy atom. The highest BCUT2D eigenvalue weighted by Crippen LogP contribution is 2.31. The Kier molecular flexibility index (Phi) is 6.32. The maximum absolute atomic E-state index is 8.96. The van der Waals surface area contributed by atoms with Gasteiger partial charge < -0.3 is 10.8 Å². The van der Waals surface area contributed by atoms with Gasteiger partial charge in [-0.15, -0.1) is 0 Å². The first kappa shape index (κ1) is 13.9. The lowest BCUT2D eigenvalue weighted by Gasteiger charge is -2.43. The number of hydrogen-bond donors (Lipinski definition) is 2. The van der Waals surface area contributed by atoms with E-state index in [2.05, 4.69) is 11.8 Å². The Bertz CT molecular complexity index is 177. The summed E-state index contributed by atoms with van der Waals surface area (Å²) in [5, 5.41) is 8.96. The molecule has 1 aliphatic carbocycles. The number of rotatable bonds is 6. The SMILES string of the molecule is CCN(CCCO)C1(CN)CCCCCC1. The summed E-state index contributed by atoms with van der Waals surface area (Å²) in [5.41, 5.74) is 6.27. The highest BCUT2D eigenvalue weighted by atomic mass is 16.3. The van der Waals surface area contributed by atoms with Gasteiger partial charge in [0.25, 0.3) is 0 Å². The quantitative estimate of drug-likeness (QED) is 0.681. The second kappa shape index (κ2) is 7.25. The molecule has 16 heavy (non-hydrogen) atoms. The molecule has 0 radical (unpaired) electrons. The molecule has 0 aromatic heterocycles. The molecule has 0 amide bonds. The van der Waals surface area contributed by atoms with Crippen molar-refractivity contribution in [3.63, 3.8) is 0 Å². The van der Waals surface area contributed by atoms with Crippen LogP contribution in [0.15, 0.2) is 0 Å². The summed E-state index contributed by atoms with van der Waals surface area (Å²) in [4.78, 5) is 2.51. The Hall–Kier alpha value is -0.120. The number of aliphatic hydroxyl groups is 1. The van der Waals surface area contributed by atoms with Gasteiger partial charge in [-0.3, -0.25) is 4.90 Å². The molecule has 0 bridgehead atoms. The standard InChI is InChI=1S/C13H28N2O/c1-2-15(10-7-11-16)13(12-14)8-5-3-4-6-9-13/h16H,2-12,14H2,1H3. The molecule has 0 heterocycles. The lowest BCUT2D eigenvalue weighted by Crippen LogP contribution is -2.54. The molecule has 0 aliphatic heterocycles. The minimum Gasteiger partial charge on any atom is -0.396 e. The summed E-state index contributed by atoms with van der Waals surface area (Å²) in [6.07, 6.45) is 8.69. The average Bonchev–Trinajstić information content (AvgIpc) is 2.56. The average molecular weight is 228 g/mol. The van der Waals surface area contributed by atoms with Crippen molar-refractivity contribution < 1.29 is 5.11 Å². The zero-order chi connectivity index (χ0) is 11.9. The molecule has 1 rings (SSSR count). The lowest BCUT2D eigenvalue weighted by molar-refractivity contribution is 0.0761. The summed E-state index contributed by atoms with van der Waals surface area (Å²) >= 11 is 0. The van der Waals surface area contributed by atoms with E-state index in [0.717, 1.165) is 26.1 Å². The molecule has 0 atom stereocenters. The van der Waals surface area contributed by atoms with E-state index in [-0.39, 0.29) is 12.1 Å². The van der Waals surface area contributed by atoms with Crippen molar-refractivity contribution in [1.82, 2.24) is 4.90 Å². The number of nitrogens with two attached hydrogens (primary N) is 1. The summed E-state index contributed by atoms with van der Waals surface area (Å²) in [5.74, 6) is 0. The highest BCUT2D eigenvalue weighted by molar-refractivity contribution is 4.92. The third kappa shape index (κ3) is 3.44. The van der Waals surface area contributed by atoms with Gasteiger partial charge in [-0.05, 0) is 25.8 Å². The van der Waals surface area contributed by atoms with Gasteiger partial charge in [-0.25, -0.2) is 0 Å². The summed E-state index contributed by atoms with van der Waals surface area (Å²) in [6.45, 7) is 5.31. The second-order valence-corrected chi connectivity index (χ2v) is 5.00. The monoisotopic (exact) mass is 228 g/mol. The van der Waals surface area contributed by atoms with E-state index in [1.165, 1.54) is 38.5 Å². The topological polar surface area (TPSA) is 49.5 Å². The van der Waals surface area contributed by atoms with Crippen molar-refractivity contribution in [2.75, 3.05) is 26.2 Å². The molecular formula is C13H28N2O. The first-order valence-corrected chi connectivity index (χ1v) is 6.85. The molecule has 3 heteroatoms. The van der Waals surface area contributed by atoms with Gasteiger partial charge in [-0.2, -0.15) is 0 Å². The smallest absolute Gasteiger partial charge is 0.0443 e. The third-order valence-electron chi connectivity index (χ3n) is 4.05. The maximum Gasteiger partial charge on any atom is 0.0443 e. The second-order valence-electron chi connectivity index (χ2n) is 5.00. The van der Waals surface area contributed by atoms with Crippen LogP contribution in [-0.2, 0) is 0 Å². The fourth-order valence-corrected chi connectivity index (χ4v) is 3.03. The molecule has 0 aromatic carbocycles. The third-order valence-corrected chi connectivity index (χ3v) is 4.05. The number of hydrogen-bond acceptors (Lipinski definition) is 3. The molecule has 3 nitrogen and oxygen atoms in total. The first-order valence-electron chi connectivity index (χ1n) is 6.85. The van der Waals surface area contributed by atoms with E-state index in [1.807, 2.05) is 0 Å². The van der Waals surface area contributed by atoms with Gasteiger partial charge in [-0.1, -0.05) is 32.6 Å². The van der Waals surface area contributed by atoms with Crippen LogP contribution in [0.3, 0.4) is 0 Å². The van der Waals surface area contributed by atoms with Crippen molar-refractivity contribution in [3.8, 4) is 0 Å². The van der Waals surface area contributed by atoms with E-state index in [9.17, 15) is 0 Å². The Balaban J connectivity index is 2.65. The van der Waals surface area contributed by atoms with Gasteiger partial charge in [0.15, 0.2) is 0 Å². The van der Waals surface area contributed by atoms with Crippen molar-refractivity contribution in [3.05, 3.63) is 0 Å².